The number of benzene rings is 3. The standard InChI is InChI=1S/C55H76O7/c1-9-11-13-16-42-19-21-43(22-20-42)44-23-25-45(26-24-44)46-27-28-50(51(36-46)39(3)4)49-34-47(17-14-31-61-53(58)40(5)6)52(48(35-49)18-15-32-62-54(59)41(7)8)60-33-30-55(37-56,38-57)29-12-10-2/h23-28,34-36,42-43,56-57H,3,5,7,9-22,29-33,37-38H2,1-2,4,6,8H3. The maximum Gasteiger partial charge on any atom is 0.333 e. The van der Waals surface area contributed by atoms with Gasteiger partial charge in [-0.05, 0) is 160 Å². The second-order valence-corrected chi connectivity index (χ2v) is 18.1. The van der Waals surface area contributed by atoms with Crippen molar-refractivity contribution in [2.24, 2.45) is 11.3 Å². The summed E-state index contributed by atoms with van der Waals surface area (Å²) in [5, 5.41) is 20.7. The van der Waals surface area contributed by atoms with Crippen molar-refractivity contribution >= 4 is 17.5 Å². The lowest BCUT2D eigenvalue weighted by Crippen LogP contribution is -2.32. The van der Waals surface area contributed by atoms with Gasteiger partial charge in [-0.1, -0.05) is 114 Å². The zero-order chi connectivity index (χ0) is 45.1. The first kappa shape index (κ1) is 50.2. The summed E-state index contributed by atoms with van der Waals surface area (Å²) in [4.78, 5) is 24.5. The maximum atomic E-state index is 12.2. The molecule has 2 N–H and O–H groups in total. The van der Waals surface area contributed by atoms with Crippen LogP contribution in [0.25, 0.3) is 27.8 Å². The fourth-order valence-corrected chi connectivity index (χ4v) is 8.72. The zero-order valence-electron chi connectivity index (χ0n) is 38.8. The Morgan fingerprint density at radius 3 is 1.74 bits per heavy atom. The number of carbonyl (C=O) groups excluding carboxylic acids is 2. The minimum atomic E-state index is -0.644. The molecule has 1 saturated carbocycles. The van der Waals surface area contributed by atoms with Gasteiger partial charge in [-0.2, -0.15) is 0 Å². The lowest BCUT2D eigenvalue weighted by molar-refractivity contribution is -0.139. The number of aliphatic hydroxyl groups excluding tert-OH is 2. The van der Waals surface area contributed by atoms with Crippen molar-refractivity contribution in [3.63, 3.8) is 0 Å². The molecule has 0 amide bonds. The molecule has 0 saturated heterocycles. The van der Waals surface area contributed by atoms with Crippen molar-refractivity contribution in [3.8, 4) is 28.0 Å². The van der Waals surface area contributed by atoms with Crippen LogP contribution in [0.15, 0.2) is 85.5 Å². The number of unbranched alkanes of at least 4 members (excludes halogenated alkanes) is 3. The number of hydrogen-bond acceptors (Lipinski definition) is 7. The average molecular weight is 849 g/mol. The van der Waals surface area contributed by atoms with Crippen molar-refractivity contribution in [1.82, 2.24) is 0 Å². The molecular formula is C55H76O7. The molecule has 0 spiro atoms. The number of carbonyl (C=O) groups is 2. The third-order valence-corrected chi connectivity index (χ3v) is 12.8. The number of ether oxygens (including phenoxy) is 3. The predicted octanol–water partition coefficient (Wildman–Crippen LogP) is 12.9. The van der Waals surface area contributed by atoms with E-state index in [4.69, 9.17) is 14.2 Å². The number of aryl methyl sites for hydroxylation is 2. The SMILES string of the molecule is C=C(C)C(=O)OCCCc1cc(-c2ccc(-c3ccc(C4CCC(CCCCC)CC4)cc3)cc2C(=C)C)cc(CCCOC(=O)C(=C)C)c1OCCC(CO)(CO)CCCC. The molecule has 0 radical (unpaired) electrons. The van der Waals surface area contributed by atoms with Crippen molar-refractivity contribution in [2.45, 2.75) is 143 Å². The van der Waals surface area contributed by atoms with Crippen LogP contribution in [0.1, 0.15) is 153 Å². The first-order valence-electron chi connectivity index (χ1n) is 23.4. The van der Waals surface area contributed by atoms with Crippen LogP contribution in [0.2, 0.25) is 0 Å². The lowest BCUT2D eigenvalue weighted by atomic mass is 9.77. The van der Waals surface area contributed by atoms with Crippen LogP contribution in [0.3, 0.4) is 0 Å². The van der Waals surface area contributed by atoms with Crippen LogP contribution in [-0.4, -0.2) is 55.2 Å². The molecule has 0 heterocycles. The summed E-state index contributed by atoms with van der Waals surface area (Å²) in [6.07, 6.45) is 15.9. The minimum absolute atomic E-state index is 0.127. The topological polar surface area (TPSA) is 102 Å². The molecule has 1 fully saturated rings. The summed E-state index contributed by atoms with van der Waals surface area (Å²) in [7, 11) is 0. The third-order valence-electron chi connectivity index (χ3n) is 12.8. The summed E-state index contributed by atoms with van der Waals surface area (Å²) in [6.45, 7) is 22.0. The molecule has 0 aliphatic heterocycles. The molecule has 4 rings (SSSR count). The Balaban J connectivity index is 1.68. The van der Waals surface area contributed by atoms with E-state index in [2.05, 4.69) is 88.2 Å². The second-order valence-electron chi connectivity index (χ2n) is 18.1. The molecule has 1 aliphatic rings. The molecule has 1 aliphatic carbocycles. The highest BCUT2D eigenvalue weighted by molar-refractivity contribution is 5.87. The van der Waals surface area contributed by atoms with Crippen molar-refractivity contribution in [1.29, 1.82) is 0 Å². The normalized spacial score (nSPS) is 15.2. The van der Waals surface area contributed by atoms with Gasteiger partial charge in [-0.15, -0.1) is 0 Å². The molecule has 3 aromatic rings. The van der Waals surface area contributed by atoms with Crippen LogP contribution in [-0.2, 0) is 31.9 Å². The summed E-state index contributed by atoms with van der Waals surface area (Å²) < 4.78 is 17.7. The number of hydrogen-bond donors (Lipinski definition) is 2. The van der Waals surface area contributed by atoms with E-state index >= 15 is 0 Å². The smallest absolute Gasteiger partial charge is 0.333 e. The lowest BCUT2D eigenvalue weighted by Gasteiger charge is -2.30. The quantitative estimate of drug-likeness (QED) is 0.0447. The third kappa shape index (κ3) is 14.8. The van der Waals surface area contributed by atoms with Crippen LogP contribution in [0, 0.1) is 11.3 Å². The van der Waals surface area contributed by atoms with Gasteiger partial charge in [0.15, 0.2) is 0 Å². The number of esters is 2. The molecule has 0 unspecified atom stereocenters. The number of allylic oxidation sites excluding steroid dienone is 1. The van der Waals surface area contributed by atoms with Crippen LogP contribution in [0.5, 0.6) is 5.75 Å². The van der Waals surface area contributed by atoms with Crippen molar-refractivity contribution in [2.75, 3.05) is 33.0 Å². The van der Waals surface area contributed by atoms with Crippen molar-refractivity contribution < 1.29 is 34.0 Å². The summed E-state index contributed by atoms with van der Waals surface area (Å²) in [5.74, 6) is 1.42. The highest BCUT2D eigenvalue weighted by Crippen LogP contribution is 2.41. The number of aliphatic hydroxyl groups is 2. The van der Waals surface area contributed by atoms with Gasteiger partial charge >= 0.3 is 11.9 Å². The van der Waals surface area contributed by atoms with Gasteiger partial charge in [0.25, 0.3) is 0 Å². The molecule has 0 aromatic heterocycles. The Kier molecular flexibility index (Phi) is 20.7. The van der Waals surface area contributed by atoms with Crippen LogP contribution < -0.4 is 4.74 Å². The Hall–Kier alpha value is -4.46. The molecular weight excluding hydrogens is 773 g/mol. The molecule has 7 nitrogen and oxygen atoms in total. The van der Waals surface area contributed by atoms with E-state index in [0.29, 0.717) is 62.2 Å². The second kappa shape index (κ2) is 25.6. The molecule has 0 bridgehead atoms. The van der Waals surface area contributed by atoms with Gasteiger partial charge in [0.1, 0.15) is 5.75 Å². The van der Waals surface area contributed by atoms with Gasteiger partial charge in [0.05, 0.1) is 33.0 Å². The van der Waals surface area contributed by atoms with Gasteiger partial charge in [-0.3, -0.25) is 0 Å². The molecule has 7 heteroatoms. The Morgan fingerprint density at radius 2 is 1.23 bits per heavy atom. The van der Waals surface area contributed by atoms with Gasteiger partial charge in [0, 0.05) is 16.6 Å². The summed E-state index contributed by atoms with van der Waals surface area (Å²) >= 11 is 0. The van der Waals surface area contributed by atoms with E-state index in [1.807, 2.05) is 6.92 Å². The van der Waals surface area contributed by atoms with E-state index in [-0.39, 0.29) is 26.4 Å². The minimum Gasteiger partial charge on any atom is -0.493 e. The zero-order valence-corrected chi connectivity index (χ0v) is 38.8. The van der Waals surface area contributed by atoms with E-state index in [1.54, 1.807) is 13.8 Å². The van der Waals surface area contributed by atoms with Crippen molar-refractivity contribution in [3.05, 3.63) is 108 Å². The fourth-order valence-electron chi connectivity index (χ4n) is 8.72. The summed E-state index contributed by atoms with van der Waals surface area (Å²) in [5.41, 5.74) is 9.79. The first-order valence-corrected chi connectivity index (χ1v) is 23.4. The van der Waals surface area contributed by atoms with Gasteiger partial charge in [-0.25, -0.2) is 9.59 Å². The highest BCUT2D eigenvalue weighted by atomic mass is 16.5. The molecule has 62 heavy (non-hydrogen) atoms. The number of rotatable bonds is 27. The predicted molar refractivity (Wildman–Crippen MR) is 255 cm³/mol. The molecule has 3 aromatic carbocycles. The fraction of sp³-hybridized carbons (Fsp3) is 0.527. The summed E-state index contributed by atoms with van der Waals surface area (Å²) in [6, 6.07) is 20.2. The van der Waals surface area contributed by atoms with Gasteiger partial charge < -0.3 is 24.4 Å². The Bertz CT molecular complexity index is 1870. The molecule has 338 valence electrons. The Morgan fingerprint density at radius 1 is 0.661 bits per heavy atom. The monoisotopic (exact) mass is 849 g/mol. The first-order chi connectivity index (χ1) is 29.8. The van der Waals surface area contributed by atoms with E-state index in [0.717, 1.165) is 63.5 Å². The van der Waals surface area contributed by atoms with E-state index < -0.39 is 17.4 Å². The van der Waals surface area contributed by atoms with E-state index in [9.17, 15) is 19.8 Å². The molecule has 0 atom stereocenters. The van der Waals surface area contributed by atoms with Gasteiger partial charge in [0.2, 0.25) is 0 Å². The highest BCUT2D eigenvalue weighted by Gasteiger charge is 2.29. The van der Waals surface area contributed by atoms with Crippen LogP contribution in [0.4, 0.5) is 0 Å². The van der Waals surface area contributed by atoms with E-state index in [1.165, 1.54) is 62.5 Å². The maximum absolute atomic E-state index is 12.2. The largest absolute Gasteiger partial charge is 0.493 e. The Labute approximate surface area is 373 Å². The van der Waals surface area contributed by atoms with Crippen LogP contribution >= 0.6 is 0 Å². The average Bonchev–Trinajstić information content (AvgIpc) is 3.28.